The normalized spacial score (nSPS) is 10.8. The molecule has 5 heteroatoms. The first-order valence-corrected chi connectivity index (χ1v) is 6.35. The highest BCUT2D eigenvalue weighted by molar-refractivity contribution is 7.99. The third-order valence-electron chi connectivity index (χ3n) is 2.46. The fourth-order valence-corrected chi connectivity index (χ4v) is 2.33. The molecule has 0 saturated heterocycles. The van der Waals surface area contributed by atoms with Crippen LogP contribution in [0, 0.1) is 12.7 Å². The Kier molecular flexibility index (Phi) is 3.38. The Bertz CT molecular complexity index is 537. The van der Waals surface area contributed by atoms with Gasteiger partial charge in [-0.1, -0.05) is 6.92 Å². The van der Waals surface area contributed by atoms with Gasteiger partial charge in [-0.2, -0.15) is 5.10 Å². The lowest BCUT2D eigenvalue weighted by atomic mass is 10.2. The van der Waals surface area contributed by atoms with Crippen LogP contribution in [0.5, 0.6) is 0 Å². The lowest BCUT2D eigenvalue weighted by molar-refractivity contribution is 0.625. The van der Waals surface area contributed by atoms with E-state index in [2.05, 4.69) is 12.0 Å². The van der Waals surface area contributed by atoms with Crippen molar-refractivity contribution in [1.29, 1.82) is 0 Å². The molecule has 0 saturated carbocycles. The minimum Gasteiger partial charge on any atom is -0.383 e. The molecule has 0 spiro atoms. The minimum absolute atomic E-state index is 0.250. The molecule has 0 aliphatic carbocycles. The molecule has 3 nitrogen and oxygen atoms in total. The molecule has 1 aromatic carbocycles. The molecule has 0 unspecified atom stereocenters. The SMILES string of the molecule is CCSc1cnn(-c2ccc(F)cc2C)c1N. The van der Waals surface area contributed by atoms with Crippen molar-refractivity contribution in [2.24, 2.45) is 0 Å². The lowest BCUT2D eigenvalue weighted by Crippen LogP contribution is -2.04. The summed E-state index contributed by atoms with van der Waals surface area (Å²) in [5.41, 5.74) is 7.64. The molecule has 1 aromatic heterocycles. The Balaban J connectivity index is 2.46. The molecule has 0 aliphatic rings. The summed E-state index contributed by atoms with van der Waals surface area (Å²) in [5.74, 6) is 1.30. The Morgan fingerprint density at radius 1 is 1.47 bits per heavy atom. The van der Waals surface area contributed by atoms with Gasteiger partial charge in [-0.05, 0) is 36.4 Å². The summed E-state index contributed by atoms with van der Waals surface area (Å²) < 4.78 is 14.7. The molecule has 0 atom stereocenters. The molecule has 2 aromatic rings. The average molecular weight is 251 g/mol. The first kappa shape index (κ1) is 12.0. The number of thioether (sulfide) groups is 1. The summed E-state index contributed by atoms with van der Waals surface area (Å²) >= 11 is 1.64. The molecular weight excluding hydrogens is 237 g/mol. The van der Waals surface area contributed by atoms with Gasteiger partial charge in [0, 0.05) is 0 Å². The zero-order chi connectivity index (χ0) is 12.4. The number of hydrogen-bond acceptors (Lipinski definition) is 3. The van der Waals surface area contributed by atoms with E-state index in [-0.39, 0.29) is 5.82 Å². The first-order valence-electron chi connectivity index (χ1n) is 5.36. The fraction of sp³-hybridized carbons (Fsp3) is 0.250. The standard InChI is InChI=1S/C12H14FN3S/c1-3-17-11-7-15-16(12(11)14)10-5-4-9(13)6-8(10)2/h4-7H,3,14H2,1-2H3. The molecule has 0 radical (unpaired) electrons. The number of nitrogen functional groups attached to an aromatic ring is 1. The van der Waals surface area contributed by atoms with Gasteiger partial charge in [0.15, 0.2) is 0 Å². The molecule has 0 amide bonds. The molecule has 0 fully saturated rings. The van der Waals surface area contributed by atoms with Gasteiger partial charge >= 0.3 is 0 Å². The largest absolute Gasteiger partial charge is 0.383 e. The van der Waals surface area contributed by atoms with Crippen LogP contribution in [0.15, 0.2) is 29.3 Å². The summed E-state index contributed by atoms with van der Waals surface area (Å²) in [7, 11) is 0. The number of nitrogens with zero attached hydrogens (tertiary/aromatic N) is 2. The van der Waals surface area contributed by atoms with Gasteiger partial charge in [0.1, 0.15) is 11.6 Å². The molecule has 0 bridgehead atoms. The molecular formula is C12H14FN3S. The highest BCUT2D eigenvalue weighted by atomic mass is 32.2. The van der Waals surface area contributed by atoms with Gasteiger partial charge in [0.25, 0.3) is 0 Å². The van der Waals surface area contributed by atoms with Crippen molar-refractivity contribution in [3.05, 3.63) is 35.8 Å². The smallest absolute Gasteiger partial charge is 0.140 e. The molecule has 0 aliphatic heterocycles. The predicted molar refractivity (Wildman–Crippen MR) is 69.1 cm³/mol. The molecule has 2 N–H and O–H groups in total. The third-order valence-corrected chi connectivity index (χ3v) is 3.37. The van der Waals surface area contributed by atoms with E-state index >= 15 is 0 Å². The van der Waals surface area contributed by atoms with Crippen LogP contribution in [-0.4, -0.2) is 15.5 Å². The number of rotatable bonds is 3. The van der Waals surface area contributed by atoms with Crippen molar-refractivity contribution in [3.8, 4) is 5.69 Å². The second-order valence-electron chi connectivity index (χ2n) is 3.67. The molecule has 17 heavy (non-hydrogen) atoms. The number of nitrogens with two attached hydrogens (primary N) is 1. The number of benzene rings is 1. The van der Waals surface area contributed by atoms with Gasteiger partial charge in [0.2, 0.25) is 0 Å². The molecule has 1 heterocycles. The minimum atomic E-state index is -0.250. The van der Waals surface area contributed by atoms with Crippen LogP contribution in [0.3, 0.4) is 0 Å². The monoisotopic (exact) mass is 251 g/mol. The predicted octanol–water partition coefficient (Wildman–Crippen LogP) is 3.01. The summed E-state index contributed by atoms with van der Waals surface area (Å²) in [4.78, 5) is 0.955. The van der Waals surface area contributed by atoms with Crippen LogP contribution in [0.1, 0.15) is 12.5 Å². The maximum atomic E-state index is 13.0. The number of aryl methyl sites for hydroxylation is 1. The van der Waals surface area contributed by atoms with E-state index in [0.29, 0.717) is 5.82 Å². The van der Waals surface area contributed by atoms with Gasteiger partial charge in [-0.3, -0.25) is 0 Å². The first-order chi connectivity index (χ1) is 8.13. The summed E-state index contributed by atoms with van der Waals surface area (Å²) in [6, 6.07) is 4.58. The topological polar surface area (TPSA) is 43.8 Å². The number of anilines is 1. The Morgan fingerprint density at radius 2 is 2.24 bits per heavy atom. The second kappa shape index (κ2) is 4.79. The zero-order valence-electron chi connectivity index (χ0n) is 9.77. The zero-order valence-corrected chi connectivity index (χ0v) is 10.6. The van der Waals surface area contributed by atoms with Crippen LogP contribution in [-0.2, 0) is 0 Å². The maximum Gasteiger partial charge on any atom is 0.140 e. The van der Waals surface area contributed by atoms with Crippen LogP contribution < -0.4 is 5.73 Å². The van der Waals surface area contributed by atoms with E-state index in [1.807, 2.05) is 6.92 Å². The van der Waals surface area contributed by atoms with E-state index in [0.717, 1.165) is 21.9 Å². The summed E-state index contributed by atoms with van der Waals surface area (Å²) in [6.07, 6.45) is 1.74. The van der Waals surface area contributed by atoms with E-state index < -0.39 is 0 Å². The van der Waals surface area contributed by atoms with E-state index in [4.69, 9.17) is 5.73 Å². The highest BCUT2D eigenvalue weighted by Gasteiger charge is 2.11. The molecule has 2 rings (SSSR count). The second-order valence-corrected chi connectivity index (χ2v) is 4.98. The van der Waals surface area contributed by atoms with E-state index in [9.17, 15) is 4.39 Å². The summed E-state index contributed by atoms with van der Waals surface area (Å²) in [5, 5.41) is 4.24. The van der Waals surface area contributed by atoms with Crippen LogP contribution in [0.25, 0.3) is 5.69 Å². The van der Waals surface area contributed by atoms with E-state index in [1.165, 1.54) is 12.1 Å². The summed E-state index contributed by atoms with van der Waals surface area (Å²) in [6.45, 7) is 3.90. The van der Waals surface area contributed by atoms with Gasteiger partial charge in [0.05, 0.1) is 16.8 Å². The van der Waals surface area contributed by atoms with Gasteiger partial charge in [-0.25, -0.2) is 9.07 Å². The Hall–Kier alpha value is -1.49. The van der Waals surface area contributed by atoms with Crippen molar-refractivity contribution in [3.63, 3.8) is 0 Å². The van der Waals surface area contributed by atoms with Crippen molar-refractivity contribution in [2.75, 3.05) is 11.5 Å². The Morgan fingerprint density at radius 3 is 2.88 bits per heavy atom. The Labute approximate surface area is 104 Å². The van der Waals surface area contributed by atoms with Crippen molar-refractivity contribution < 1.29 is 4.39 Å². The highest BCUT2D eigenvalue weighted by Crippen LogP contribution is 2.27. The number of halogens is 1. The van der Waals surface area contributed by atoms with Gasteiger partial charge in [-0.15, -0.1) is 11.8 Å². The average Bonchev–Trinajstić information content (AvgIpc) is 2.62. The third kappa shape index (κ3) is 2.29. The maximum absolute atomic E-state index is 13.0. The number of aromatic nitrogens is 2. The van der Waals surface area contributed by atoms with Crippen LogP contribution in [0.2, 0.25) is 0 Å². The van der Waals surface area contributed by atoms with Crippen molar-refractivity contribution >= 4 is 17.6 Å². The van der Waals surface area contributed by atoms with Crippen LogP contribution >= 0.6 is 11.8 Å². The molecule has 90 valence electrons. The quantitative estimate of drug-likeness (QED) is 0.853. The fourth-order valence-electron chi connectivity index (χ4n) is 1.66. The number of hydrogen-bond donors (Lipinski definition) is 1. The van der Waals surface area contributed by atoms with Crippen molar-refractivity contribution in [2.45, 2.75) is 18.7 Å². The van der Waals surface area contributed by atoms with Crippen molar-refractivity contribution in [1.82, 2.24) is 9.78 Å². The van der Waals surface area contributed by atoms with E-state index in [1.54, 1.807) is 28.7 Å². The van der Waals surface area contributed by atoms with Crippen LogP contribution in [0.4, 0.5) is 10.2 Å². The van der Waals surface area contributed by atoms with Gasteiger partial charge < -0.3 is 5.73 Å². The lowest BCUT2D eigenvalue weighted by Gasteiger charge is -2.08.